The predicted octanol–water partition coefficient (Wildman–Crippen LogP) is 1.42. The first-order valence-electron chi connectivity index (χ1n) is 9.26. The molecule has 8 heteroatoms. The van der Waals surface area contributed by atoms with Gasteiger partial charge in [0.15, 0.2) is 10.4 Å². The van der Waals surface area contributed by atoms with Crippen LogP contribution in [0.1, 0.15) is 30.1 Å². The van der Waals surface area contributed by atoms with Crippen molar-refractivity contribution in [2.45, 2.75) is 25.7 Å². The van der Waals surface area contributed by atoms with E-state index in [0.29, 0.717) is 5.92 Å². The van der Waals surface area contributed by atoms with E-state index in [9.17, 15) is 0 Å². The Hall–Kier alpha value is -3.29. The van der Waals surface area contributed by atoms with Crippen LogP contribution in [0.2, 0.25) is 0 Å². The Balaban J connectivity index is 1.37. The Morgan fingerprint density at radius 3 is 2.56 bits per heavy atom. The molecule has 3 aromatic heterocycles. The molecule has 136 valence electrons. The normalized spacial score (nSPS) is 15.5. The van der Waals surface area contributed by atoms with Crippen molar-refractivity contribution in [2.24, 2.45) is 0 Å². The van der Waals surface area contributed by atoms with Crippen LogP contribution in [0, 0.1) is 6.92 Å². The molecule has 0 radical (unpaired) electrons. The third kappa shape index (κ3) is 2.73. The summed E-state index contributed by atoms with van der Waals surface area (Å²) in [6.07, 6.45) is 4.14. The van der Waals surface area contributed by atoms with Crippen LogP contribution in [0.15, 0.2) is 54.7 Å². The molecule has 1 aliphatic heterocycles. The quantitative estimate of drug-likeness (QED) is 0.516. The molecule has 4 heterocycles. The van der Waals surface area contributed by atoms with Gasteiger partial charge in [-0.25, -0.2) is 9.99 Å². The largest absolute Gasteiger partial charge is 0.304 e. The van der Waals surface area contributed by atoms with E-state index in [2.05, 4.69) is 44.2 Å². The molecule has 0 N–H and O–H groups in total. The highest BCUT2D eigenvalue weighted by Crippen LogP contribution is 2.29. The number of hydrogen-bond donors (Lipinski definition) is 0. The molecule has 0 saturated carbocycles. The van der Waals surface area contributed by atoms with Gasteiger partial charge < -0.3 is 4.40 Å². The number of nitrogens with zero attached hydrogens (tertiary/aromatic N) is 8. The summed E-state index contributed by atoms with van der Waals surface area (Å²) in [5.41, 5.74) is 4.43. The Morgan fingerprint density at radius 2 is 1.78 bits per heavy atom. The molecule has 27 heavy (non-hydrogen) atoms. The summed E-state index contributed by atoms with van der Waals surface area (Å²) in [4.78, 5) is 8.38. The average Bonchev–Trinajstić information content (AvgIpc) is 3.34. The van der Waals surface area contributed by atoms with Crippen molar-refractivity contribution in [3.8, 4) is 5.69 Å². The minimum atomic E-state index is 0.461. The fourth-order valence-corrected chi connectivity index (χ4v) is 3.90. The standard InChI is InChI=1S/C19H21N8/c1-15-19(20-18-9-5-6-12-25(15)18)16-10-13-24(14-11-16)27-23-21-22-26(27)17-7-3-2-4-8-17/h2-9,12,16H,10-11,13-14H2,1H3/q+1. The lowest BCUT2D eigenvalue weighted by Crippen LogP contribution is -2.56. The van der Waals surface area contributed by atoms with Crippen molar-refractivity contribution < 1.29 is 4.80 Å². The van der Waals surface area contributed by atoms with Gasteiger partial charge in [0.1, 0.15) is 16.5 Å². The summed E-state index contributed by atoms with van der Waals surface area (Å²) in [6.45, 7) is 3.93. The fourth-order valence-electron chi connectivity index (χ4n) is 3.90. The molecule has 0 aliphatic carbocycles. The van der Waals surface area contributed by atoms with Gasteiger partial charge in [0.05, 0.1) is 23.7 Å². The van der Waals surface area contributed by atoms with E-state index in [-0.39, 0.29) is 0 Å². The first kappa shape index (κ1) is 15.9. The number of para-hydroxylation sites is 1. The monoisotopic (exact) mass is 361 g/mol. The molecule has 0 amide bonds. The van der Waals surface area contributed by atoms with Gasteiger partial charge in [-0.15, -0.1) is 0 Å². The lowest BCUT2D eigenvalue weighted by Gasteiger charge is -2.28. The van der Waals surface area contributed by atoms with Crippen LogP contribution >= 0.6 is 0 Å². The zero-order chi connectivity index (χ0) is 18.2. The summed E-state index contributed by atoms with van der Waals surface area (Å²) < 4.78 is 2.17. The number of benzene rings is 1. The summed E-state index contributed by atoms with van der Waals surface area (Å²) in [7, 11) is 0. The van der Waals surface area contributed by atoms with E-state index in [1.165, 1.54) is 11.4 Å². The second-order valence-electron chi connectivity index (χ2n) is 6.90. The molecule has 0 unspecified atom stereocenters. The van der Waals surface area contributed by atoms with E-state index < -0.39 is 0 Å². The van der Waals surface area contributed by atoms with E-state index in [4.69, 9.17) is 4.98 Å². The molecule has 8 nitrogen and oxygen atoms in total. The first-order chi connectivity index (χ1) is 13.3. The van der Waals surface area contributed by atoms with Crippen LogP contribution in [0.25, 0.3) is 11.3 Å². The third-order valence-corrected chi connectivity index (χ3v) is 5.32. The number of imidazole rings is 1. The van der Waals surface area contributed by atoms with Crippen LogP contribution in [0.3, 0.4) is 0 Å². The van der Waals surface area contributed by atoms with Gasteiger partial charge in [0.25, 0.3) is 0 Å². The van der Waals surface area contributed by atoms with Gasteiger partial charge in [-0.3, -0.25) is 0 Å². The topological polar surface area (TPSA) is 68.0 Å². The van der Waals surface area contributed by atoms with Crippen LogP contribution in [0.5, 0.6) is 0 Å². The van der Waals surface area contributed by atoms with Gasteiger partial charge in [-0.1, -0.05) is 24.3 Å². The zero-order valence-electron chi connectivity index (χ0n) is 15.2. The second kappa shape index (κ2) is 6.46. The van der Waals surface area contributed by atoms with Gasteiger partial charge in [-0.2, -0.15) is 0 Å². The van der Waals surface area contributed by atoms with Gasteiger partial charge in [0.2, 0.25) is 0 Å². The van der Waals surface area contributed by atoms with E-state index in [1.54, 1.807) is 9.70 Å². The summed E-state index contributed by atoms with van der Waals surface area (Å²) in [5.74, 6) is 0.461. The minimum Gasteiger partial charge on any atom is -0.304 e. The van der Waals surface area contributed by atoms with Crippen LogP contribution in [-0.4, -0.2) is 43.0 Å². The molecule has 1 aromatic carbocycles. The molecule has 0 spiro atoms. The summed E-state index contributed by atoms with van der Waals surface area (Å²) in [6, 6.07) is 16.1. The smallest absolute Gasteiger partial charge is 0.179 e. The highest BCUT2D eigenvalue weighted by Gasteiger charge is 2.30. The Kier molecular flexibility index (Phi) is 3.81. The molecular formula is C19H21N8+. The number of aryl methyl sites for hydroxylation is 1. The summed E-state index contributed by atoms with van der Waals surface area (Å²) >= 11 is 0. The van der Waals surface area contributed by atoms with Crippen molar-refractivity contribution in [3.05, 3.63) is 66.1 Å². The maximum Gasteiger partial charge on any atom is 0.179 e. The lowest BCUT2D eigenvalue weighted by molar-refractivity contribution is -0.746. The zero-order valence-corrected chi connectivity index (χ0v) is 15.2. The molecule has 5 rings (SSSR count). The number of aromatic nitrogens is 7. The van der Waals surface area contributed by atoms with E-state index in [1.807, 2.05) is 42.5 Å². The number of pyridine rings is 1. The van der Waals surface area contributed by atoms with Gasteiger partial charge >= 0.3 is 0 Å². The Morgan fingerprint density at radius 1 is 1.00 bits per heavy atom. The van der Waals surface area contributed by atoms with E-state index >= 15 is 0 Å². The van der Waals surface area contributed by atoms with E-state index in [0.717, 1.165) is 37.3 Å². The number of piperidine rings is 1. The first-order valence-corrected chi connectivity index (χ1v) is 9.26. The van der Waals surface area contributed by atoms with Crippen molar-refractivity contribution in [1.82, 2.24) is 29.9 Å². The van der Waals surface area contributed by atoms with Crippen molar-refractivity contribution in [1.29, 1.82) is 0 Å². The lowest BCUT2D eigenvalue weighted by atomic mass is 9.93. The second-order valence-corrected chi connectivity index (χ2v) is 6.90. The molecular weight excluding hydrogens is 340 g/mol. The maximum absolute atomic E-state index is 4.88. The molecule has 0 bridgehead atoms. The number of fused-ring (bicyclic) bond motifs is 1. The molecule has 1 fully saturated rings. The third-order valence-electron chi connectivity index (χ3n) is 5.32. The van der Waals surface area contributed by atoms with Gasteiger partial charge in [0, 0.05) is 17.8 Å². The summed E-state index contributed by atoms with van der Waals surface area (Å²) in [5, 5.41) is 14.4. The fraction of sp³-hybridized carbons (Fsp3) is 0.316. The van der Waals surface area contributed by atoms with Crippen LogP contribution in [0.4, 0.5) is 0 Å². The highest BCUT2D eigenvalue weighted by molar-refractivity contribution is 5.43. The Bertz CT molecular complexity index is 1060. The predicted molar refractivity (Wildman–Crippen MR) is 99.2 cm³/mol. The van der Waals surface area contributed by atoms with Gasteiger partial charge in [-0.05, 0) is 48.8 Å². The maximum atomic E-state index is 4.88. The Labute approximate surface area is 156 Å². The van der Waals surface area contributed by atoms with Crippen molar-refractivity contribution >= 4 is 5.65 Å². The molecule has 0 atom stereocenters. The number of rotatable bonds is 3. The SMILES string of the molecule is Cc1c(C2CCN(n3nnn[n+]3-c3ccccc3)CC2)nc2ccccn12. The minimum absolute atomic E-state index is 0.461. The molecule has 1 saturated heterocycles. The van der Waals surface area contributed by atoms with Crippen LogP contribution in [-0.2, 0) is 0 Å². The molecule has 1 aliphatic rings. The average molecular weight is 361 g/mol. The highest BCUT2D eigenvalue weighted by atomic mass is 15.9. The van der Waals surface area contributed by atoms with Crippen molar-refractivity contribution in [2.75, 3.05) is 18.1 Å². The van der Waals surface area contributed by atoms with Crippen LogP contribution < -0.4 is 9.81 Å². The number of hydrogen-bond acceptors (Lipinski definition) is 5. The molecule has 4 aromatic rings. The van der Waals surface area contributed by atoms with Crippen molar-refractivity contribution in [3.63, 3.8) is 0 Å².